The van der Waals surface area contributed by atoms with Gasteiger partial charge in [-0.25, -0.2) is 4.98 Å². The van der Waals surface area contributed by atoms with Crippen molar-refractivity contribution in [1.82, 2.24) is 9.97 Å². The number of hydrogen-bond donors (Lipinski definition) is 0. The van der Waals surface area contributed by atoms with E-state index in [1.165, 1.54) is 12.3 Å². The van der Waals surface area contributed by atoms with Gasteiger partial charge in [0.25, 0.3) is 5.78 Å². The molecule has 14 heavy (non-hydrogen) atoms. The third kappa shape index (κ3) is 2.15. The van der Waals surface area contributed by atoms with Gasteiger partial charge in [-0.05, 0) is 6.08 Å². The molecule has 3 nitrogen and oxygen atoms in total. The van der Waals surface area contributed by atoms with Gasteiger partial charge in [0.2, 0.25) is 0 Å². The summed E-state index contributed by atoms with van der Waals surface area (Å²) in [6, 6.07) is 0. The topological polar surface area (TPSA) is 42.9 Å². The predicted octanol–water partition coefficient (Wildman–Crippen LogP) is 1.86. The number of halogens is 3. The molecule has 0 radical (unpaired) electrons. The minimum Gasteiger partial charge on any atom is -0.282 e. The summed E-state index contributed by atoms with van der Waals surface area (Å²) in [7, 11) is 0. The fraction of sp³-hybridized carbons (Fsp3) is 0.125. The molecule has 0 amide bonds. The lowest BCUT2D eigenvalue weighted by Gasteiger charge is -2.03. The predicted molar refractivity (Wildman–Crippen MR) is 42.5 cm³/mol. The van der Waals surface area contributed by atoms with Gasteiger partial charge in [0.1, 0.15) is 5.69 Å². The summed E-state index contributed by atoms with van der Waals surface area (Å²) in [6.45, 7) is 3.30. The van der Waals surface area contributed by atoms with Crippen molar-refractivity contribution in [3.8, 4) is 0 Å². The summed E-state index contributed by atoms with van der Waals surface area (Å²) in [4.78, 5) is 17.5. The van der Waals surface area contributed by atoms with Crippen LogP contribution in [0.4, 0.5) is 13.2 Å². The van der Waals surface area contributed by atoms with Gasteiger partial charge in [-0.2, -0.15) is 13.2 Å². The zero-order chi connectivity index (χ0) is 10.8. The summed E-state index contributed by atoms with van der Waals surface area (Å²) < 4.78 is 35.8. The Morgan fingerprint density at radius 2 is 2.07 bits per heavy atom. The Hall–Kier alpha value is -1.72. The van der Waals surface area contributed by atoms with E-state index in [0.717, 1.165) is 6.20 Å². The lowest BCUT2D eigenvalue weighted by molar-refractivity contribution is -0.0888. The van der Waals surface area contributed by atoms with Crippen molar-refractivity contribution in [3.05, 3.63) is 30.4 Å². The third-order valence-corrected chi connectivity index (χ3v) is 1.35. The molecule has 0 unspecified atom stereocenters. The number of carbonyl (C=O) groups is 1. The Morgan fingerprint density at radius 1 is 1.43 bits per heavy atom. The maximum absolute atomic E-state index is 11.9. The van der Waals surface area contributed by atoms with Crippen molar-refractivity contribution in [2.75, 3.05) is 0 Å². The van der Waals surface area contributed by atoms with Crippen molar-refractivity contribution >= 4 is 11.9 Å². The number of ketones is 1. The summed E-state index contributed by atoms with van der Waals surface area (Å²) in [5.41, 5.74) is -0.602. The second kappa shape index (κ2) is 3.57. The average molecular weight is 202 g/mol. The third-order valence-electron chi connectivity index (χ3n) is 1.35. The minimum atomic E-state index is -4.92. The number of Topliss-reactive ketones (excluding diaryl/α,β-unsaturated/α-hetero) is 1. The molecule has 0 N–H and O–H groups in total. The molecule has 0 aliphatic carbocycles. The number of rotatable bonds is 2. The summed E-state index contributed by atoms with van der Waals surface area (Å²) >= 11 is 0. The molecule has 1 heterocycles. The zero-order valence-electron chi connectivity index (χ0n) is 6.88. The Balaban J connectivity index is 3.08. The Labute approximate surface area is 77.3 Å². The Kier molecular flexibility index (Phi) is 2.64. The standard InChI is InChI=1S/C8H5F3N2O/c1-2-5-3-12-4-6(13-5)7(14)8(9,10)11/h2-4H,1H2. The Morgan fingerprint density at radius 3 is 2.57 bits per heavy atom. The van der Waals surface area contributed by atoms with Crippen LogP contribution in [-0.2, 0) is 0 Å². The number of aromatic nitrogens is 2. The van der Waals surface area contributed by atoms with E-state index in [1.807, 2.05) is 0 Å². The van der Waals surface area contributed by atoms with Crippen LogP contribution in [0.5, 0.6) is 0 Å². The minimum absolute atomic E-state index is 0.125. The van der Waals surface area contributed by atoms with Crippen LogP contribution in [0.1, 0.15) is 16.2 Å². The number of nitrogens with zero attached hydrogens (tertiary/aromatic N) is 2. The SMILES string of the molecule is C=Cc1cncc(C(=O)C(F)(F)F)n1. The second-order valence-corrected chi connectivity index (χ2v) is 2.36. The molecule has 0 aromatic carbocycles. The molecule has 0 fully saturated rings. The molecule has 0 bridgehead atoms. The summed E-state index contributed by atoms with van der Waals surface area (Å²) in [5.74, 6) is -2.01. The number of hydrogen-bond acceptors (Lipinski definition) is 3. The van der Waals surface area contributed by atoms with Crippen LogP contribution in [-0.4, -0.2) is 21.9 Å². The Bertz CT molecular complexity index is 373. The van der Waals surface area contributed by atoms with E-state index < -0.39 is 17.7 Å². The quantitative estimate of drug-likeness (QED) is 0.687. The van der Waals surface area contributed by atoms with Crippen molar-refractivity contribution in [3.63, 3.8) is 0 Å². The maximum Gasteiger partial charge on any atom is 0.456 e. The van der Waals surface area contributed by atoms with Gasteiger partial charge in [-0.15, -0.1) is 0 Å². The zero-order valence-corrected chi connectivity index (χ0v) is 6.88. The van der Waals surface area contributed by atoms with Crippen LogP contribution >= 0.6 is 0 Å². The van der Waals surface area contributed by atoms with Gasteiger partial charge in [0.15, 0.2) is 0 Å². The molecule has 0 aliphatic heterocycles. The van der Waals surface area contributed by atoms with Crippen molar-refractivity contribution in [1.29, 1.82) is 0 Å². The molecule has 0 saturated carbocycles. The highest BCUT2D eigenvalue weighted by Crippen LogP contribution is 2.19. The highest BCUT2D eigenvalue weighted by Gasteiger charge is 2.40. The normalized spacial score (nSPS) is 11.1. The number of carbonyl (C=O) groups excluding carboxylic acids is 1. The first-order valence-electron chi connectivity index (χ1n) is 3.51. The van der Waals surface area contributed by atoms with Crippen LogP contribution < -0.4 is 0 Å². The molecule has 1 aromatic heterocycles. The van der Waals surface area contributed by atoms with E-state index in [2.05, 4.69) is 16.5 Å². The largest absolute Gasteiger partial charge is 0.456 e. The van der Waals surface area contributed by atoms with Crippen LogP contribution in [0.15, 0.2) is 19.0 Å². The van der Waals surface area contributed by atoms with Crippen LogP contribution in [0.2, 0.25) is 0 Å². The van der Waals surface area contributed by atoms with E-state index in [0.29, 0.717) is 0 Å². The molecule has 74 valence electrons. The number of alkyl halides is 3. The van der Waals surface area contributed by atoms with Gasteiger partial charge in [-0.3, -0.25) is 9.78 Å². The molecule has 0 atom stereocenters. The van der Waals surface area contributed by atoms with Crippen LogP contribution in [0, 0.1) is 0 Å². The molecule has 6 heteroatoms. The first-order valence-corrected chi connectivity index (χ1v) is 3.51. The highest BCUT2D eigenvalue weighted by atomic mass is 19.4. The highest BCUT2D eigenvalue weighted by molar-refractivity contribution is 5.98. The van der Waals surface area contributed by atoms with E-state index in [9.17, 15) is 18.0 Å². The second-order valence-electron chi connectivity index (χ2n) is 2.36. The van der Waals surface area contributed by atoms with Gasteiger partial charge < -0.3 is 0 Å². The van der Waals surface area contributed by atoms with Crippen molar-refractivity contribution in [2.45, 2.75) is 6.18 Å². The van der Waals surface area contributed by atoms with E-state index in [1.54, 1.807) is 0 Å². The lowest BCUT2D eigenvalue weighted by Crippen LogP contribution is -2.24. The molecule has 1 rings (SSSR count). The van der Waals surface area contributed by atoms with E-state index in [-0.39, 0.29) is 5.69 Å². The van der Waals surface area contributed by atoms with Crippen LogP contribution in [0.3, 0.4) is 0 Å². The average Bonchev–Trinajstić information content (AvgIpc) is 2.15. The summed E-state index contributed by atoms with van der Waals surface area (Å²) in [6.07, 6.45) is -1.74. The van der Waals surface area contributed by atoms with E-state index >= 15 is 0 Å². The first-order chi connectivity index (χ1) is 6.45. The molecule has 0 saturated heterocycles. The fourth-order valence-corrected chi connectivity index (χ4v) is 0.734. The van der Waals surface area contributed by atoms with Crippen LogP contribution in [0.25, 0.3) is 6.08 Å². The van der Waals surface area contributed by atoms with Gasteiger partial charge in [0, 0.05) is 0 Å². The molecular weight excluding hydrogens is 197 g/mol. The van der Waals surface area contributed by atoms with Gasteiger partial charge in [-0.1, -0.05) is 6.58 Å². The van der Waals surface area contributed by atoms with E-state index in [4.69, 9.17) is 0 Å². The molecule has 0 spiro atoms. The molecular formula is C8H5F3N2O. The first kappa shape index (κ1) is 10.4. The van der Waals surface area contributed by atoms with Gasteiger partial charge in [0.05, 0.1) is 18.1 Å². The fourth-order valence-electron chi connectivity index (χ4n) is 0.734. The molecule has 1 aromatic rings. The monoisotopic (exact) mass is 202 g/mol. The summed E-state index contributed by atoms with van der Waals surface area (Å²) in [5, 5.41) is 0. The lowest BCUT2D eigenvalue weighted by atomic mass is 10.3. The van der Waals surface area contributed by atoms with Crippen molar-refractivity contribution < 1.29 is 18.0 Å². The molecule has 0 aliphatic rings. The van der Waals surface area contributed by atoms with Gasteiger partial charge >= 0.3 is 6.18 Å². The maximum atomic E-state index is 11.9. The smallest absolute Gasteiger partial charge is 0.282 e. The van der Waals surface area contributed by atoms with Crippen molar-refractivity contribution in [2.24, 2.45) is 0 Å².